The van der Waals surface area contributed by atoms with Crippen molar-refractivity contribution >= 4 is 41.5 Å². The van der Waals surface area contributed by atoms with Crippen LogP contribution in [0.25, 0.3) is 0 Å². The smallest absolute Gasteiger partial charge is 0.303 e. The fourth-order valence-corrected chi connectivity index (χ4v) is 4.48. The second-order valence-corrected chi connectivity index (χ2v) is 10.4. The van der Waals surface area contributed by atoms with Crippen molar-refractivity contribution in [3.05, 3.63) is 35.9 Å². The van der Waals surface area contributed by atoms with Gasteiger partial charge in [0, 0.05) is 19.4 Å². The van der Waals surface area contributed by atoms with E-state index in [2.05, 4.69) is 31.6 Å². The number of nitrogens with two attached hydrogens (primary N) is 3. The quantitative estimate of drug-likeness (QED) is 0.0629. The molecule has 0 radical (unpaired) electrons. The summed E-state index contributed by atoms with van der Waals surface area (Å²) in [6.07, 6.45) is 1.01. The average molecular weight is 618 g/mol. The van der Waals surface area contributed by atoms with E-state index < -0.39 is 72.6 Å². The minimum Gasteiger partial charge on any atom is -0.481 e. The molecule has 1 fully saturated rings. The van der Waals surface area contributed by atoms with Crippen molar-refractivity contribution < 1.29 is 33.9 Å². The first kappa shape index (κ1) is 35.5. The van der Waals surface area contributed by atoms with E-state index in [4.69, 9.17) is 17.2 Å². The van der Waals surface area contributed by atoms with Crippen molar-refractivity contribution in [3.8, 4) is 0 Å². The number of guanidine groups is 1. The topological polar surface area (TPSA) is 273 Å². The predicted octanol–water partition coefficient (Wildman–Crippen LogP) is -2.65. The number of amides is 5. The molecule has 0 aromatic heterocycles. The lowest BCUT2D eigenvalue weighted by Gasteiger charge is -2.26. The van der Waals surface area contributed by atoms with Gasteiger partial charge in [0.2, 0.25) is 29.5 Å². The van der Waals surface area contributed by atoms with Crippen LogP contribution in [0.15, 0.2) is 35.3 Å². The number of nitrogens with zero attached hydrogens (tertiary/aromatic N) is 1. The number of nitrogens with one attached hydrogen (secondary N) is 5. The van der Waals surface area contributed by atoms with E-state index >= 15 is 0 Å². The largest absolute Gasteiger partial charge is 0.481 e. The van der Waals surface area contributed by atoms with Crippen LogP contribution in [-0.4, -0.2) is 90.4 Å². The summed E-state index contributed by atoms with van der Waals surface area (Å²) in [6.45, 7) is -0.0105. The van der Waals surface area contributed by atoms with E-state index in [0.717, 1.165) is 0 Å². The van der Waals surface area contributed by atoms with Crippen LogP contribution in [0.1, 0.15) is 50.5 Å². The summed E-state index contributed by atoms with van der Waals surface area (Å²) in [5.74, 6) is -4.89. The first-order valence-corrected chi connectivity index (χ1v) is 14.5. The molecular formula is C28H43N9O7. The Bertz CT molecular complexity index is 1180. The third-order valence-electron chi connectivity index (χ3n) is 6.80. The van der Waals surface area contributed by atoms with Crippen molar-refractivity contribution in [2.75, 3.05) is 19.6 Å². The first-order chi connectivity index (χ1) is 21.0. The summed E-state index contributed by atoms with van der Waals surface area (Å²) in [7, 11) is 0. The highest BCUT2D eigenvalue weighted by molar-refractivity contribution is 5.97. The molecule has 0 bridgehead atoms. The molecule has 16 nitrogen and oxygen atoms in total. The third-order valence-corrected chi connectivity index (χ3v) is 6.80. The fourth-order valence-electron chi connectivity index (χ4n) is 4.48. The van der Waals surface area contributed by atoms with Crippen LogP contribution in [0.3, 0.4) is 0 Å². The van der Waals surface area contributed by atoms with Crippen molar-refractivity contribution in [2.24, 2.45) is 22.2 Å². The number of carbonyl (C=O) groups excluding carboxylic acids is 5. The molecule has 5 amide bonds. The summed E-state index contributed by atoms with van der Waals surface area (Å²) in [4.78, 5) is 81.3. The lowest BCUT2D eigenvalue weighted by molar-refractivity contribution is -0.138. The highest BCUT2D eigenvalue weighted by atomic mass is 16.4. The summed E-state index contributed by atoms with van der Waals surface area (Å²) >= 11 is 0. The van der Waals surface area contributed by atoms with Crippen LogP contribution in [0.4, 0.5) is 0 Å². The molecule has 1 saturated heterocycles. The number of carboxylic acid groups (broad SMARTS) is 1. The molecular weight excluding hydrogens is 574 g/mol. The Hall–Kier alpha value is -4.73. The van der Waals surface area contributed by atoms with Crippen LogP contribution in [0, 0.1) is 0 Å². The summed E-state index contributed by atoms with van der Waals surface area (Å²) in [6, 6.07) is 4.15. The van der Waals surface area contributed by atoms with Crippen molar-refractivity contribution in [2.45, 2.75) is 75.5 Å². The van der Waals surface area contributed by atoms with Gasteiger partial charge in [0.05, 0.1) is 6.54 Å². The summed E-state index contributed by atoms with van der Waals surface area (Å²) in [5.41, 5.74) is 17.1. The van der Waals surface area contributed by atoms with Crippen LogP contribution in [-0.2, 0) is 35.2 Å². The van der Waals surface area contributed by atoms with Crippen LogP contribution in [0.5, 0.6) is 0 Å². The molecule has 1 aliphatic heterocycles. The van der Waals surface area contributed by atoms with Crippen LogP contribution < -0.4 is 43.8 Å². The van der Waals surface area contributed by atoms with Crippen molar-refractivity contribution in [1.29, 1.82) is 0 Å². The Morgan fingerprint density at radius 3 is 1.95 bits per heavy atom. The van der Waals surface area contributed by atoms with E-state index in [0.29, 0.717) is 31.4 Å². The zero-order chi connectivity index (χ0) is 32.5. The van der Waals surface area contributed by atoms with Gasteiger partial charge in [-0.2, -0.15) is 0 Å². The van der Waals surface area contributed by atoms with Crippen molar-refractivity contribution in [1.82, 2.24) is 26.6 Å². The lowest BCUT2D eigenvalue weighted by Crippen LogP contribution is -2.58. The highest BCUT2D eigenvalue weighted by Crippen LogP contribution is 2.09. The number of benzene rings is 1. The number of rotatable bonds is 13. The molecule has 44 heavy (non-hydrogen) atoms. The average Bonchev–Trinajstić information content (AvgIpc) is 2.98. The monoisotopic (exact) mass is 617 g/mol. The number of unbranched alkanes of at least 4 members (excludes halogenated alkanes) is 1. The van der Waals surface area contributed by atoms with Gasteiger partial charge < -0.3 is 48.9 Å². The molecule has 0 spiro atoms. The highest BCUT2D eigenvalue weighted by Gasteiger charge is 2.32. The minimum absolute atomic E-state index is 0.0443. The van der Waals surface area contributed by atoms with Gasteiger partial charge in [0.15, 0.2) is 5.96 Å². The fraction of sp³-hybridized carbons (Fsp3) is 0.536. The maximum atomic E-state index is 13.6. The Balaban J connectivity index is 2.44. The summed E-state index contributed by atoms with van der Waals surface area (Å²) < 4.78 is 0. The zero-order valence-corrected chi connectivity index (χ0v) is 24.6. The maximum Gasteiger partial charge on any atom is 0.303 e. The van der Waals surface area contributed by atoms with Crippen LogP contribution >= 0.6 is 0 Å². The summed E-state index contributed by atoms with van der Waals surface area (Å²) in [5, 5.41) is 22.0. The third kappa shape index (κ3) is 13.1. The van der Waals surface area contributed by atoms with E-state index in [1.54, 1.807) is 30.3 Å². The van der Waals surface area contributed by atoms with E-state index in [9.17, 15) is 33.9 Å². The van der Waals surface area contributed by atoms with Crippen molar-refractivity contribution in [3.63, 3.8) is 0 Å². The molecule has 2 rings (SSSR count). The van der Waals surface area contributed by atoms with Gasteiger partial charge in [0.1, 0.15) is 24.2 Å². The van der Waals surface area contributed by atoms with E-state index in [1.165, 1.54) is 0 Å². The Morgan fingerprint density at radius 2 is 1.34 bits per heavy atom. The minimum atomic E-state index is -1.32. The van der Waals surface area contributed by atoms with Gasteiger partial charge >= 0.3 is 5.97 Å². The number of carbonyl (C=O) groups is 6. The van der Waals surface area contributed by atoms with Gasteiger partial charge in [-0.25, -0.2) is 0 Å². The number of hydrogen-bond donors (Lipinski definition) is 9. The lowest BCUT2D eigenvalue weighted by atomic mass is 10.0. The first-order valence-electron chi connectivity index (χ1n) is 14.5. The molecule has 16 heteroatoms. The predicted molar refractivity (Wildman–Crippen MR) is 161 cm³/mol. The molecule has 1 aromatic carbocycles. The Kier molecular flexibility index (Phi) is 15.1. The molecule has 0 aliphatic carbocycles. The molecule has 242 valence electrons. The zero-order valence-electron chi connectivity index (χ0n) is 24.6. The molecule has 4 unspecified atom stereocenters. The standard InChI is InChI=1S/C28H43N9O7/c29-13-5-4-9-19-25(42)35-18(10-6-14-32-28(30)31)24(41)33-16-22(38)34-20(11-12-23(39)40)26(43)37-21(27(44)36-19)15-17-7-2-1-3-8-17/h1-3,7-8,18-21H,4-6,9-16,29H2,(H,33,41)(H,34,38)(H,35,42)(H,36,44)(H,37,43)(H,39,40)(H4,30,31,32). The molecule has 1 aliphatic rings. The second-order valence-electron chi connectivity index (χ2n) is 10.4. The second kappa shape index (κ2) is 18.7. The molecule has 1 heterocycles. The number of hydrogen-bond acceptors (Lipinski definition) is 8. The van der Waals surface area contributed by atoms with Gasteiger partial charge in [-0.1, -0.05) is 30.3 Å². The molecule has 4 atom stereocenters. The van der Waals surface area contributed by atoms with Gasteiger partial charge in [-0.05, 0) is 50.6 Å². The van der Waals surface area contributed by atoms with E-state index in [1.807, 2.05) is 0 Å². The van der Waals surface area contributed by atoms with Gasteiger partial charge in [-0.15, -0.1) is 0 Å². The number of aliphatic carboxylic acids is 1. The molecule has 1 aromatic rings. The van der Waals surface area contributed by atoms with E-state index in [-0.39, 0.29) is 38.2 Å². The Labute approximate surface area is 255 Å². The van der Waals surface area contributed by atoms with Gasteiger partial charge in [0.25, 0.3) is 0 Å². The molecule has 0 saturated carbocycles. The number of aliphatic imine (C=N–C) groups is 1. The molecule has 12 N–H and O–H groups in total. The SMILES string of the molecule is NCCCCC1NC(=O)C(Cc2ccccc2)NC(=O)C(CCC(=O)O)NC(=O)CNC(=O)C(CCCN=C(N)N)NC1=O. The maximum absolute atomic E-state index is 13.6. The Morgan fingerprint density at radius 1 is 0.773 bits per heavy atom. The normalized spacial score (nSPS) is 21.8. The number of carboxylic acids is 1. The van der Waals surface area contributed by atoms with Gasteiger partial charge in [-0.3, -0.25) is 33.8 Å². The van der Waals surface area contributed by atoms with Crippen LogP contribution in [0.2, 0.25) is 0 Å².